The number of rotatable bonds is 1. The third-order valence-corrected chi connectivity index (χ3v) is 3.53. The molecule has 20 heavy (non-hydrogen) atoms. The first-order valence-electron chi connectivity index (χ1n) is 6.54. The highest BCUT2D eigenvalue weighted by Crippen LogP contribution is 2.33. The summed E-state index contributed by atoms with van der Waals surface area (Å²) in [5, 5.41) is 0. The zero-order valence-corrected chi connectivity index (χ0v) is 11.1. The number of aryl methyl sites for hydroxylation is 1. The van der Waals surface area contributed by atoms with Gasteiger partial charge in [0.15, 0.2) is 0 Å². The van der Waals surface area contributed by atoms with Crippen molar-refractivity contribution in [3.8, 4) is 0 Å². The lowest BCUT2D eigenvalue weighted by Crippen LogP contribution is -2.37. The highest BCUT2D eigenvalue weighted by atomic mass is 19.1. The lowest BCUT2D eigenvalue weighted by Gasteiger charge is -2.31. The van der Waals surface area contributed by atoms with E-state index in [-0.39, 0.29) is 17.4 Å². The van der Waals surface area contributed by atoms with Gasteiger partial charge in [-0.1, -0.05) is 6.07 Å². The SMILES string of the molecule is Cc1ccc(F)c2c1N(C(=O)c1cnccn1)CCC2. The van der Waals surface area contributed by atoms with Crippen LogP contribution in [0.5, 0.6) is 0 Å². The summed E-state index contributed by atoms with van der Waals surface area (Å²) in [7, 11) is 0. The first-order valence-corrected chi connectivity index (χ1v) is 6.54. The highest BCUT2D eigenvalue weighted by Gasteiger charge is 2.27. The fraction of sp³-hybridized carbons (Fsp3) is 0.267. The molecule has 1 aromatic heterocycles. The van der Waals surface area contributed by atoms with Crippen molar-refractivity contribution < 1.29 is 9.18 Å². The monoisotopic (exact) mass is 271 g/mol. The van der Waals surface area contributed by atoms with Crippen molar-refractivity contribution in [3.05, 3.63) is 53.4 Å². The summed E-state index contributed by atoms with van der Waals surface area (Å²) in [5.74, 6) is -0.477. The fourth-order valence-electron chi connectivity index (χ4n) is 2.62. The molecule has 0 aliphatic carbocycles. The number of aromatic nitrogens is 2. The number of benzene rings is 1. The van der Waals surface area contributed by atoms with Gasteiger partial charge in [-0.25, -0.2) is 9.37 Å². The van der Waals surface area contributed by atoms with Crippen LogP contribution in [0.15, 0.2) is 30.7 Å². The van der Waals surface area contributed by atoms with Crippen LogP contribution in [0.2, 0.25) is 0 Å². The summed E-state index contributed by atoms with van der Waals surface area (Å²) >= 11 is 0. The number of nitrogens with zero attached hydrogens (tertiary/aromatic N) is 3. The van der Waals surface area contributed by atoms with E-state index >= 15 is 0 Å². The zero-order valence-electron chi connectivity index (χ0n) is 11.1. The Labute approximate surface area is 116 Å². The van der Waals surface area contributed by atoms with E-state index in [4.69, 9.17) is 0 Å². The van der Waals surface area contributed by atoms with Gasteiger partial charge >= 0.3 is 0 Å². The van der Waals surface area contributed by atoms with E-state index in [1.807, 2.05) is 6.92 Å². The standard InChI is InChI=1S/C15H14FN3O/c1-10-4-5-12(16)11-3-2-8-19(14(10)11)15(20)13-9-17-6-7-18-13/h4-7,9H,2-3,8H2,1H3. The third kappa shape index (κ3) is 2.05. The van der Waals surface area contributed by atoms with E-state index < -0.39 is 0 Å². The van der Waals surface area contributed by atoms with Crippen molar-refractivity contribution >= 4 is 11.6 Å². The second kappa shape index (κ2) is 5.00. The van der Waals surface area contributed by atoms with Crippen molar-refractivity contribution in [1.29, 1.82) is 0 Å². The largest absolute Gasteiger partial charge is 0.306 e. The van der Waals surface area contributed by atoms with Gasteiger partial charge in [-0.15, -0.1) is 0 Å². The molecule has 0 saturated carbocycles. The Morgan fingerprint density at radius 1 is 1.35 bits per heavy atom. The Bertz CT molecular complexity index is 658. The molecule has 0 spiro atoms. The smallest absolute Gasteiger partial charge is 0.278 e. The van der Waals surface area contributed by atoms with Crippen LogP contribution in [0.4, 0.5) is 10.1 Å². The number of fused-ring (bicyclic) bond motifs is 1. The van der Waals surface area contributed by atoms with E-state index in [2.05, 4.69) is 9.97 Å². The number of carbonyl (C=O) groups excluding carboxylic acids is 1. The summed E-state index contributed by atoms with van der Waals surface area (Å²) in [6, 6.07) is 3.17. The Morgan fingerprint density at radius 3 is 2.95 bits per heavy atom. The van der Waals surface area contributed by atoms with E-state index in [1.165, 1.54) is 24.7 Å². The van der Waals surface area contributed by atoms with Crippen LogP contribution >= 0.6 is 0 Å². The zero-order chi connectivity index (χ0) is 14.1. The average Bonchev–Trinajstić information content (AvgIpc) is 2.51. The van der Waals surface area contributed by atoms with E-state index in [9.17, 15) is 9.18 Å². The molecular weight excluding hydrogens is 257 g/mol. The lowest BCUT2D eigenvalue weighted by molar-refractivity contribution is 0.0979. The van der Waals surface area contributed by atoms with Crippen molar-refractivity contribution in [3.63, 3.8) is 0 Å². The third-order valence-electron chi connectivity index (χ3n) is 3.53. The molecule has 0 unspecified atom stereocenters. The van der Waals surface area contributed by atoms with E-state index in [1.54, 1.807) is 11.0 Å². The first-order chi connectivity index (χ1) is 9.68. The molecule has 2 aromatic rings. The van der Waals surface area contributed by atoms with Crippen LogP contribution in [0.1, 0.15) is 28.0 Å². The van der Waals surface area contributed by atoms with Gasteiger partial charge in [-0.2, -0.15) is 0 Å². The molecule has 0 atom stereocenters. The van der Waals surface area contributed by atoms with Gasteiger partial charge in [0.05, 0.1) is 11.9 Å². The second-order valence-electron chi connectivity index (χ2n) is 4.84. The molecule has 0 radical (unpaired) electrons. The maximum Gasteiger partial charge on any atom is 0.278 e. The molecule has 0 saturated heterocycles. The van der Waals surface area contributed by atoms with Crippen molar-refractivity contribution in [1.82, 2.24) is 9.97 Å². The van der Waals surface area contributed by atoms with Gasteiger partial charge in [0, 0.05) is 24.5 Å². The number of halogens is 1. The minimum Gasteiger partial charge on any atom is -0.306 e. The summed E-state index contributed by atoms with van der Waals surface area (Å²) in [6.45, 7) is 2.47. The molecule has 0 bridgehead atoms. The molecule has 4 nitrogen and oxygen atoms in total. The molecule has 0 fully saturated rings. The quantitative estimate of drug-likeness (QED) is 0.800. The molecule has 1 aliphatic rings. The van der Waals surface area contributed by atoms with E-state index in [0.29, 0.717) is 24.2 Å². The number of carbonyl (C=O) groups is 1. The normalized spacial score (nSPS) is 14.0. The molecule has 1 aliphatic heterocycles. The lowest BCUT2D eigenvalue weighted by atomic mass is 9.97. The van der Waals surface area contributed by atoms with Gasteiger partial charge < -0.3 is 4.90 Å². The van der Waals surface area contributed by atoms with Gasteiger partial charge in [-0.05, 0) is 31.4 Å². The first kappa shape index (κ1) is 12.7. The predicted octanol–water partition coefficient (Wildman–Crippen LogP) is 2.52. The van der Waals surface area contributed by atoms with Crippen LogP contribution in [-0.4, -0.2) is 22.4 Å². The Kier molecular flexibility index (Phi) is 3.18. The summed E-state index contributed by atoms with van der Waals surface area (Å²) in [6.07, 6.45) is 5.85. The summed E-state index contributed by atoms with van der Waals surface area (Å²) in [4.78, 5) is 22.1. The van der Waals surface area contributed by atoms with Gasteiger partial charge in [0.1, 0.15) is 11.5 Å². The molecular formula is C15H14FN3O. The van der Waals surface area contributed by atoms with Crippen LogP contribution in [-0.2, 0) is 6.42 Å². The number of anilines is 1. The molecule has 1 amide bonds. The molecule has 1 aromatic carbocycles. The number of amides is 1. The van der Waals surface area contributed by atoms with Gasteiger partial charge in [0.2, 0.25) is 0 Å². The van der Waals surface area contributed by atoms with Crippen LogP contribution < -0.4 is 4.90 Å². The Morgan fingerprint density at radius 2 is 2.20 bits per heavy atom. The van der Waals surface area contributed by atoms with Gasteiger partial charge in [0.25, 0.3) is 5.91 Å². The second-order valence-corrected chi connectivity index (χ2v) is 4.84. The van der Waals surface area contributed by atoms with Crippen LogP contribution in [0.3, 0.4) is 0 Å². The predicted molar refractivity (Wildman–Crippen MR) is 73.2 cm³/mol. The van der Waals surface area contributed by atoms with Crippen molar-refractivity contribution in [2.24, 2.45) is 0 Å². The van der Waals surface area contributed by atoms with Gasteiger partial charge in [-0.3, -0.25) is 9.78 Å². The molecule has 102 valence electrons. The summed E-state index contributed by atoms with van der Waals surface area (Å²) < 4.78 is 13.9. The van der Waals surface area contributed by atoms with Crippen LogP contribution in [0.25, 0.3) is 0 Å². The molecule has 5 heteroatoms. The summed E-state index contributed by atoms with van der Waals surface area (Å²) in [5.41, 5.74) is 2.49. The van der Waals surface area contributed by atoms with E-state index in [0.717, 1.165) is 12.0 Å². The van der Waals surface area contributed by atoms with Crippen LogP contribution in [0, 0.1) is 12.7 Å². The fourth-order valence-corrected chi connectivity index (χ4v) is 2.62. The number of hydrogen-bond donors (Lipinski definition) is 0. The molecule has 3 rings (SSSR count). The van der Waals surface area contributed by atoms with Crippen molar-refractivity contribution in [2.75, 3.05) is 11.4 Å². The Balaban J connectivity index is 2.07. The topological polar surface area (TPSA) is 46.1 Å². The number of hydrogen-bond acceptors (Lipinski definition) is 3. The average molecular weight is 271 g/mol. The molecule has 0 N–H and O–H groups in total. The maximum atomic E-state index is 13.9. The highest BCUT2D eigenvalue weighted by molar-refractivity contribution is 6.05. The minimum atomic E-state index is -0.248. The maximum absolute atomic E-state index is 13.9. The Hall–Kier alpha value is -2.30. The molecule has 2 heterocycles. The van der Waals surface area contributed by atoms with Crippen molar-refractivity contribution in [2.45, 2.75) is 19.8 Å². The minimum absolute atomic E-state index is 0.229.